The van der Waals surface area contributed by atoms with Crippen LogP contribution in [0.5, 0.6) is 0 Å². The van der Waals surface area contributed by atoms with E-state index >= 15 is 0 Å². The Morgan fingerprint density at radius 1 is 1.11 bits per heavy atom. The van der Waals surface area contributed by atoms with Crippen molar-refractivity contribution in [2.75, 3.05) is 13.1 Å². The van der Waals surface area contributed by atoms with Gasteiger partial charge in [-0.2, -0.15) is 4.98 Å². The minimum Gasteiger partial charge on any atom is -0.339 e. The highest BCUT2D eigenvalue weighted by molar-refractivity contribution is 5.95. The van der Waals surface area contributed by atoms with Crippen LogP contribution in [-0.2, 0) is 6.42 Å². The van der Waals surface area contributed by atoms with Crippen LogP contribution in [0, 0.1) is 5.92 Å². The Kier molecular flexibility index (Phi) is 4.11. The van der Waals surface area contributed by atoms with E-state index in [-0.39, 0.29) is 5.91 Å². The summed E-state index contributed by atoms with van der Waals surface area (Å²) in [7, 11) is 0. The van der Waals surface area contributed by atoms with Crippen LogP contribution in [0.2, 0.25) is 0 Å². The first-order valence-electron chi connectivity index (χ1n) is 9.74. The van der Waals surface area contributed by atoms with Gasteiger partial charge in [0.1, 0.15) is 5.69 Å². The molecule has 1 saturated heterocycles. The number of fused-ring (bicyclic) bond motifs is 1. The van der Waals surface area contributed by atoms with E-state index in [1.165, 1.54) is 12.8 Å². The zero-order valence-electron chi connectivity index (χ0n) is 15.2. The smallest absolute Gasteiger partial charge is 0.272 e. The first kappa shape index (κ1) is 16.4. The average molecular weight is 362 g/mol. The summed E-state index contributed by atoms with van der Waals surface area (Å²) in [5, 5.41) is 5.15. The standard InChI is InChI=1S/C21H22N4O2/c26-21(18-9-8-15-3-1-2-4-17(15)22-18)25-12-11-14(13-25)5-10-19-23-20(27-24-19)16-6-7-16/h1-4,8-9,14,16H,5-7,10-13H2. The van der Waals surface area contributed by atoms with Crippen LogP contribution in [0.25, 0.3) is 10.9 Å². The van der Waals surface area contributed by atoms with Crippen molar-refractivity contribution < 1.29 is 9.32 Å². The Balaban J connectivity index is 1.19. The second-order valence-corrected chi connectivity index (χ2v) is 7.66. The Labute approximate surface area is 157 Å². The summed E-state index contributed by atoms with van der Waals surface area (Å²) in [6.45, 7) is 1.57. The maximum atomic E-state index is 12.8. The number of carbonyl (C=O) groups is 1. The monoisotopic (exact) mass is 362 g/mol. The van der Waals surface area contributed by atoms with Gasteiger partial charge in [-0.1, -0.05) is 29.4 Å². The Hall–Kier alpha value is -2.76. The predicted molar refractivity (Wildman–Crippen MR) is 100 cm³/mol. The summed E-state index contributed by atoms with van der Waals surface area (Å²) >= 11 is 0. The SMILES string of the molecule is O=C(c1ccc2ccccc2n1)N1CCC(CCc2noc(C3CC3)n2)C1. The average Bonchev–Trinajstić information content (AvgIpc) is 3.26. The molecule has 6 nitrogen and oxygen atoms in total. The number of pyridine rings is 1. The summed E-state index contributed by atoms with van der Waals surface area (Å²) in [5.74, 6) is 2.62. The van der Waals surface area contributed by atoms with E-state index in [1.807, 2.05) is 41.3 Å². The van der Waals surface area contributed by atoms with Crippen molar-refractivity contribution in [2.24, 2.45) is 5.92 Å². The molecule has 1 aliphatic carbocycles. The Morgan fingerprint density at radius 2 is 2.00 bits per heavy atom. The van der Waals surface area contributed by atoms with Crippen molar-refractivity contribution in [3.8, 4) is 0 Å². The van der Waals surface area contributed by atoms with Gasteiger partial charge in [-0.05, 0) is 43.7 Å². The van der Waals surface area contributed by atoms with Crippen LogP contribution in [0.4, 0.5) is 0 Å². The molecular formula is C21H22N4O2. The predicted octanol–water partition coefficient (Wildman–Crippen LogP) is 3.59. The molecule has 3 aromatic rings. The van der Waals surface area contributed by atoms with E-state index in [1.54, 1.807) is 0 Å². The van der Waals surface area contributed by atoms with Gasteiger partial charge in [-0.25, -0.2) is 4.98 Å². The lowest BCUT2D eigenvalue weighted by molar-refractivity contribution is 0.0781. The first-order valence-corrected chi connectivity index (χ1v) is 9.74. The molecule has 0 bridgehead atoms. The molecule has 2 fully saturated rings. The summed E-state index contributed by atoms with van der Waals surface area (Å²) < 4.78 is 5.32. The number of hydrogen-bond acceptors (Lipinski definition) is 5. The lowest BCUT2D eigenvalue weighted by Crippen LogP contribution is -2.29. The van der Waals surface area contributed by atoms with E-state index in [2.05, 4.69) is 15.1 Å². The number of aryl methyl sites for hydroxylation is 1. The lowest BCUT2D eigenvalue weighted by atomic mass is 10.0. The molecule has 3 heterocycles. The second-order valence-electron chi connectivity index (χ2n) is 7.66. The molecule has 1 aromatic carbocycles. The van der Waals surface area contributed by atoms with Gasteiger partial charge in [-0.3, -0.25) is 4.79 Å². The molecule has 2 aromatic heterocycles. The number of hydrogen-bond donors (Lipinski definition) is 0. The number of nitrogens with zero attached hydrogens (tertiary/aromatic N) is 4. The molecular weight excluding hydrogens is 340 g/mol. The minimum absolute atomic E-state index is 0.0267. The minimum atomic E-state index is 0.0267. The van der Waals surface area contributed by atoms with Gasteiger partial charge in [0.2, 0.25) is 5.89 Å². The third-order valence-corrected chi connectivity index (χ3v) is 5.58. The molecule has 1 saturated carbocycles. The molecule has 1 unspecified atom stereocenters. The molecule has 6 heteroatoms. The number of para-hydroxylation sites is 1. The van der Waals surface area contributed by atoms with Gasteiger partial charge in [0, 0.05) is 30.8 Å². The van der Waals surface area contributed by atoms with Crippen LogP contribution in [0.15, 0.2) is 40.9 Å². The quantitative estimate of drug-likeness (QED) is 0.693. The van der Waals surface area contributed by atoms with Crippen molar-refractivity contribution in [1.29, 1.82) is 0 Å². The summed E-state index contributed by atoms with van der Waals surface area (Å²) in [5.41, 5.74) is 1.39. The largest absolute Gasteiger partial charge is 0.339 e. The molecule has 0 radical (unpaired) electrons. The third-order valence-electron chi connectivity index (χ3n) is 5.58. The summed E-state index contributed by atoms with van der Waals surface area (Å²) in [6, 6.07) is 11.7. The van der Waals surface area contributed by atoms with E-state index in [0.717, 1.165) is 55.0 Å². The van der Waals surface area contributed by atoms with Crippen molar-refractivity contribution >= 4 is 16.8 Å². The maximum Gasteiger partial charge on any atom is 0.272 e. The number of carbonyl (C=O) groups excluding carboxylic acids is 1. The molecule has 1 aliphatic heterocycles. The van der Waals surface area contributed by atoms with Crippen molar-refractivity contribution in [3.05, 3.63) is 53.8 Å². The van der Waals surface area contributed by atoms with Crippen LogP contribution in [-0.4, -0.2) is 39.0 Å². The van der Waals surface area contributed by atoms with Crippen LogP contribution < -0.4 is 0 Å². The van der Waals surface area contributed by atoms with Gasteiger partial charge in [0.15, 0.2) is 5.82 Å². The topological polar surface area (TPSA) is 72.1 Å². The van der Waals surface area contributed by atoms with E-state index in [0.29, 0.717) is 17.5 Å². The van der Waals surface area contributed by atoms with Crippen molar-refractivity contribution in [1.82, 2.24) is 20.0 Å². The number of rotatable bonds is 5. The molecule has 0 N–H and O–H groups in total. The van der Waals surface area contributed by atoms with Gasteiger partial charge in [0.25, 0.3) is 5.91 Å². The Bertz CT molecular complexity index is 979. The molecule has 1 amide bonds. The van der Waals surface area contributed by atoms with Gasteiger partial charge in [-0.15, -0.1) is 0 Å². The fraction of sp³-hybridized carbons (Fsp3) is 0.429. The zero-order chi connectivity index (χ0) is 18.2. The number of amides is 1. The highest BCUT2D eigenvalue weighted by Crippen LogP contribution is 2.39. The van der Waals surface area contributed by atoms with Crippen molar-refractivity contribution in [2.45, 2.75) is 38.0 Å². The molecule has 0 spiro atoms. The van der Waals surface area contributed by atoms with E-state index in [4.69, 9.17) is 4.52 Å². The van der Waals surface area contributed by atoms with E-state index in [9.17, 15) is 4.79 Å². The van der Waals surface area contributed by atoms with Crippen molar-refractivity contribution in [3.63, 3.8) is 0 Å². The second kappa shape index (κ2) is 6.76. The van der Waals surface area contributed by atoms with Crippen LogP contribution in [0.1, 0.15) is 53.8 Å². The Morgan fingerprint density at radius 3 is 2.89 bits per heavy atom. The fourth-order valence-electron chi connectivity index (χ4n) is 3.80. The highest BCUT2D eigenvalue weighted by Gasteiger charge is 2.30. The molecule has 138 valence electrons. The first-order chi connectivity index (χ1) is 13.3. The molecule has 2 aliphatic rings. The number of benzene rings is 1. The molecule has 5 rings (SSSR count). The van der Waals surface area contributed by atoms with Gasteiger partial charge in [0.05, 0.1) is 5.52 Å². The van der Waals surface area contributed by atoms with Crippen LogP contribution in [0.3, 0.4) is 0 Å². The normalized spacial score (nSPS) is 19.7. The van der Waals surface area contributed by atoms with E-state index < -0.39 is 0 Å². The fourth-order valence-corrected chi connectivity index (χ4v) is 3.80. The summed E-state index contributed by atoms with van der Waals surface area (Å²) in [6.07, 6.45) is 5.16. The molecule has 27 heavy (non-hydrogen) atoms. The number of aromatic nitrogens is 3. The van der Waals surface area contributed by atoms with Gasteiger partial charge >= 0.3 is 0 Å². The zero-order valence-corrected chi connectivity index (χ0v) is 15.2. The summed E-state index contributed by atoms with van der Waals surface area (Å²) in [4.78, 5) is 23.8. The molecule has 1 atom stereocenters. The van der Waals surface area contributed by atoms with Gasteiger partial charge < -0.3 is 9.42 Å². The lowest BCUT2D eigenvalue weighted by Gasteiger charge is -2.16. The maximum absolute atomic E-state index is 12.8. The third kappa shape index (κ3) is 3.44. The number of likely N-dealkylation sites (tertiary alicyclic amines) is 1. The highest BCUT2D eigenvalue weighted by atomic mass is 16.5. The van der Waals surface area contributed by atoms with Crippen LogP contribution >= 0.6 is 0 Å².